The van der Waals surface area contributed by atoms with Gasteiger partial charge in [-0.3, -0.25) is 0 Å². The number of aromatic nitrogens is 4. The molecule has 14 rings (SSSR count). The van der Waals surface area contributed by atoms with Crippen molar-refractivity contribution in [2.24, 2.45) is 0 Å². The molecule has 0 atom stereocenters. The van der Waals surface area contributed by atoms with E-state index in [4.69, 9.17) is 0 Å². The summed E-state index contributed by atoms with van der Waals surface area (Å²) in [6.45, 7) is 1.73. The fraction of sp³-hybridized carbons (Fsp3) is 0.0317. The molecule has 0 bridgehead atoms. The zero-order valence-corrected chi connectivity index (χ0v) is 38.1. The number of para-hydroxylation sites is 6. The summed E-state index contributed by atoms with van der Waals surface area (Å²) in [5.74, 6) is 0. The Morgan fingerprint density at radius 3 is 1.24 bits per heavy atom. The van der Waals surface area contributed by atoms with Gasteiger partial charge in [0.05, 0.1) is 61.1 Å². The smallest absolute Gasteiger partial charge is 0.309 e. The molecular formula is C63H38F3N5. The third-order valence-corrected chi connectivity index (χ3v) is 14.5. The van der Waals surface area contributed by atoms with Gasteiger partial charge in [0, 0.05) is 54.5 Å². The molecule has 0 radical (unpaired) electrons. The second kappa shape index (κ2) is 15.1. The summed E-state index contributed by atoms with van der Waals surface area (Å²) in [6, 6.07) is 72.6. The average molecular weight is 922 g/mol. The van der Waals surface area contributed by atoms with Crippen molar-refractivity contribution in [3.8, 4) is 39.9 Å². The average Bonchev–Trinajstić information content (AvgIpc) is 4.14. The van der Waals surface area contributed by atoms with Gasteiger partial charge in [-0.25, -0.2) is 0 Å². The van der Waals surface area contributed by atoms with Crippen LogP contribution in [0.15, 0.2) is 212 Å². The Bertz CT molecular complexity index is 4330. The van der Waals surface area contributed by atoms with Crippen molar-refractivity contribution >= 4 is 87.2 Å². The molecule has 71 heavy (non-hydrogen) atoms. The molecule has 0 spiro atoms. The monoisotopic (exact) mass is 921 g/mol. The highest BCUT2D eigenvalue weighted by Crippen LogP contribution is 2.48. The molecule has 0 unspecified atom stereocenters. The van der Waals surface area contributed by atoms with Crippen molar-refractivity contribution in [3.63, 3.8) is 0 Å². The molecule has 8 heteroatoms. The fourth-order valence-electron chi connectivity index (χ4n) is 11.7. The first-order chi connectivity index (χ1) is 34.8. The van der Waals surface area contributed by atoms with Gasteiger partial charge in [0.15, 0.2) is 0 Å². The van der Waals surface area contributed by atoms with E-state index in [-0.39, 0.29) is 5.56 Å². The van der Waals surface area contributed by atoms with Crippen molar-refractivity contribution in [3.05, 3.63) is 229 Å². The molecule has 0 fully saturated rings. The van der Waals surface area contributed by atoms with Crippen LogP contribution in [0.25, 0.3) is 121 Å². The van der Waals surface area contributed by atoms with E-state index in [1.165, 1.54) is 6.07 Å². The molecule has 0 N–H and O–H groups in total. The zero-order valence-electron chi connectivity index (χ0n) is 38.1. The minimum absolute atomic E-state index is 0.0604. The standard InChI is InChI=1S/C63H38F3N5/c1-38-17-16-26-49(63(64,65)66)58(38)39-35-56(70-50-27-12-8-22-42(50)44-31-33-54-59(61(44)70)46-24-10-14-29-52(46)68(54)40-18-4-2-5-19-40)48(37-67)57(36-39)71-51-28-13-9-23-43(51)45-32-34-55-60(62(45)71)47-25-11-15-30-53(47)69(55)41-20-6-3-7-21-41/h2-36H,1H3. The Labute approximate surface area is 404 Å². The van der Waals surface area contributed by atoms with Crippen LogP contribution >= 0.6 is 0 Å². The summed E-state index contributed by atoms with van der Waals surface area (Å²) < 4.78 is 55.3. The number of hydrogen-bond acceptors (Lipinski definition) is 1. The van der Waals surface area contributed by atoms with E-state index in [0.717, 1.165) is 105 Å². The third-order valence-electron chi connectivity index (χ3n) is 14.5. The van der Waals surface area contributed by atoms with Crippen LogP contribution in [-0.2, 0) is 6.18 Å². The van der Waals surface area contributed by atoms with Crippen LogP contribution in [0.5, 0.6) is 0 Å². The lowest BCUT2D eigenvalue weighted by atomic mass is 9.92. The quantitative estimate of drug-likeness (QED) is 0.170. The van der Waals surface area contributed by atoms with Crippen LogP contribution in [0, 0.1) is 18.3 Å². The molecule has 0 saturated carbocycles. The highest BCUT2D eigenvalue weighted by atomic mass is 19.4. The molecule has 0 aliphatic heterocycles. The normalized spacial score (nSPS) is 12.2. The van der Waals surface area contributed by atoms with Crippen molar-refractivity contribution < 1.29 is 13.2 Å². The van der Waals surface area contributed by atoms with Crippen LogP contribution in [0.1, 0.15) is 16.7 Å². The summed E-state index contributed by atoms with van der Waals surface area (Å²) in [6.07, 6.45) is -4.67. The summed E-state index contributed by atoms with van der Waals surface area (Å²) in [5.41, 5.74) is 10.6. The summed E-state index contributed by atoms with van der Waals surface area (Å²) in [4.78, 5) is 0. The largest absolute Gasteiger partial charge is 0.417 e. The van der Waals surface area contributed by atoms with E-state index in [0.29, 0.717) is 28.1 Å². The van der Waals surface area contributed by atoms with Gasteiger partial charge < -0.3 is 18.3 Å². The maximum atomic E-state index is 15.5. The minimum atomic E-state index is -4.67. The molecule has 0 saturated heterocycles. The fourth-order valence-corrected chi connectivity index (χ4v) is 11.7. The SMILES string of the molecule is Cc1cccc(C(F)(F)F)c1-c1cc(-n2c3ccccc3c3ccc4c(c5ccccc5n4-c4ccccc4)c32)c(C#N)c(-n2c3ccccc3c3ccc4c(c5ccccc5n4-c4ccccc4)c32)c1. The molecule has 336 valence electrons. The first kappa shape index (κ1) is 40.7. The number of nitrogens with zero attached hydrogens (tertiary/aromatic N) is 5. The minimum Gasteiger partial charge on any atom is -0.309 e. The Hall–Kier alpha value is -9.32. The molecule has 4 aromatic heterocycles. The number of fused-ring (bicyclic) bond motifs is 14. The van der Waals surface area contributed by atoms with Gasteiger partial charge in [0.2, 0.25) is 0 Å². The van der Waals surface area contributed by atoms with E-state index in [1.54, 1.807) is 13.0 Å². The molecule has 5 nitrogen and oxygen atoms in total. The predicted octanol–water partition coefficient (Wildman–Crippen LogP) is 16.9. The first-order valence-electron chi connectivity index (χ1n) is 23.6. The van der Waals surface area contributed by atoms with E-state index in [2.05, 4.69) is 109 Å². The third kappa shape index (κ3) is 5.75. The van der Waals surface area contributed by atoms with Gasteiger partial charge in [-0.2, -0.15) is 18.4 Å². The van der Waals surface area contributed by atoms with E-state index in [9.17, 15) is 5.26 Å². The van der Waals surface area contributed by atoms with E-state index in [1.807, 2.05) is 109 Å². The van der Waals surface area contributed by atoms with Crippen molar-refractivity contribution in [2.45, 2.75) is 13.1 Å². The number of alkyl halides is 3. The highest BCUT2D eigenvalue weighted by molar-refractivity contribution is 6.28. The predicted molar refractivity (Wildman–Crippen MR) is 284 cm³/mol. The summed E-state index contributed by atoms with van der Waals surface area (Å²) >= 11 is 0. The van der Waals surface area contributed by atoms with Crippen LogP contribution < -0.4 is 0 Å². The number of hydrogen-bond donors (Lipinski definition) is 0. The van der Waals surface area contributed by atoms with Crippen LogP contribution in [0.3, 0.4) is 0 Å². The lowest BCUT2D eigenvalue weighted by Crippen LogP contribution is -2.10. The van der Waals surface area contributed by atoms with Gasteiger partial charge in [-0.05, 0) is 102 Å². The van der Waals surface area contributed by atoms with Crippen LogP contribution in [0.2, 0.25) is 0 Å². The Balaban J connectivity index is 1.21. The highest BCUT2D eigenvalue weighted by Gasteiger charge is 2.35. The Morgan fingerprint density at radius 2 is 0.803 bits per heavy atom. The van der Waals surface area contributed by atoms with Crippen LogP contribution in [-0.4, -0.2) is 18.3 Å². The van der Waals surface area contributed by atoms with Gasteiger partial charge >= 0.3 is 6.18 Å². The number of nitriles is 1. The number of aryl methyl sites for hydroxylation is 1. The van der Waals surface area contributed by atoms with Gasteiger partial charge in [0.1, 0.15) is 11.6 Å². The van der Waals surface area contributed by atoms with Crippen LogP contribution in [0.4, 0.5) is 13.2 Å². The van der Waals surface area contributed by atoms with Crippen molar-refractivity contribution in [1.29, 1.82) is 5.26 Å². The summed E-state index contributed by atoms with van der Waals surface area (Å²) in [5, 5.41) is 19.8. The molecule has 10 aromatic carbocycles. The Morgan fingerprint density at radius 1 is 0.394 bits per heavy atom. The summed E-state index contributed by atoms with van der Waals surface area (Å²) in [7, 11) is 0. The molecule has 0 aliphatic carbocycles. The maximum Gasteiger partial charge on any atom is 0.417 e. The Kier molecular flexibility index (Phi) is 8.65. The molecule has 14 aromatic rings. The lowest BCUT2D eigenvalue weighted by molar-refractivity contribution is -0.137. The second-order valence-electron chi connectivity index (χ2n) is 18.3. The van der Waals surface area contributed by atoms with E-state index < -0.39 is 11.7 Å². The van der Waals surface area contributed by atoms with Gasteiger partial charge in [-0.1, -0.05) is 133 Å². The second-order valence-corrected chi connectivity index (χ2v) is 18.3. The van der Waals surface area contributed by atoms with E-state index >= 15 is 13.2 Å². The van der Waals surface area contributed by atoms with Crippen molar-refractivity contribution in [2.75, 3.05) is 0 Å². The molecule has 4 heterocycles. The number of rotatable bonds is 5. The van der Waals surface area contributed by atoms with Crippen molar-refractivity contribution in [1.82, 2.24) is 18.3 Å². The molecule has 0 aliphatic rings. The topological polar surface area (TPSA) is 43.5 Å². The number of benzene rings is 10. The van der Waals surface area contributed by atoms with Gasteiger partial charge in [0.25, 0.3) is 0 Å². The van der Waals surface area contributed by atoms with Gasteiger partial charge in [-0.15, -0.1) is 0 Å². The molecular weight excluding hydrogens is 884 g/mol. The number of halogens is 3. The zero-order chi connectivity index (χ0) is 47.7. The maximum absolute atomic E-state index is 15.5. The first-order valence-corrected chi connectivity index (χ1v) is 23.6. The lowest BCUT2D eigenvalue weighted by Gasteiger charge is -2.21. The molecule has 0 amide bonds.